The zero-order valence-electron chi connectivity index (χ0n) is 10.5. The van der Waals surface area contributed by atoms with E-state index >= 15 is 0 Å². The van der Waals surface area contributed by atoms with E-state index in [4.69, 9.17) is 0 Å². The number of pyridine rings is 2. The molecule has 0 aliphatic carbocycles. The average molecular weight is 307 g/mol. The summed E-state index contributed by atoms with van der Waals surface area (Å²) in [7, 11) is 0. The molecule has 0 aliphatic rings. The van der Waals surface area contributed by atoms with Gasteiger partial charge in [-0.25, -0.2) is 0 Å². The van der Waals surface area contributed by atoms with Gasteiger partial charge in [-0.1, -0.05) is 6.92 Å². The number of hydrogen-bond donors (Lipinski definition) is 0. The van der Waals surface area contributed by atoms with Crippen LogP contribution in [0.5, 0.6) is 0 Å². The summed E-state index contributed by atoms with van der Waals surface area (Å²) in [6.07, 6.45) is 4.36. The van der Waals surface area contributed by atoms with E-state index in [1.54, 1.807) is 12.4 Å². The third kappa shape index (κ3) is 2.25. The third-order valence-electron chi connectivity index (χ3n) is 3.00. The zero-order chi connectivity index (χ0) is 13.1. The molecule has 0 bridgehead atoms. The Morgan fingerprint density at radius 2 is 1.94 bits per heavy atom. The molecule has 94 valence electrons. The van der Waals surface area contributed by atoms with Crippen molar-refractivity contribution in [1.82, 2.24) is 9.55 Å². The van der Waals surface area contributed by atoms with Crippen molar-refractivity contribution in [1.29, 1.82) is 0 Å². The molecule has 2 aromatic heterocycles. The molecule has 0 N–H and O–H groups in total. The lowest BCUT2D eigenvalue weighted by Crippen LogP contribution is -2.24. The van der Waals surface area contributed by atoms with Crippen LogP contribution in [0.3, 0.4) is 0 Å². The van der Waals surface area contributed by atoms with Crippen LogP contribution in [-0.2, 0) is 13.0 Å². The first kappa shape index (κ1) is 13.0. The Morgan fingerprint density at radius 1 is 1.28 bits per heavy atom. The third-order valence-corrected chi connectivity index (χ3v) is 3.57. The van der Waals surface area contributed by atoms with Crippen molar-refractivity contribution in [2.45, 2.75) is 26.8 Å². The first-order valence-electron chi connectivity index (χ1n) is 6.01. The van der Waals surface area contributed by atoms with Crippen LogP contribution in [0.4, 0.5) is 0 Å². The molecule has 0 fully saturated rings. The second kappa shape index (κ2) is 5.48. The zero-order valence-corrected chi connectivity index (χ0v) is 12.1. The van der Waals surface area contributed by atoms with E-state index < -0.39 is 0 Å². The fourth-order valence-electron chi connectivity index (χ4n) is 2.17. The molecule has 0 saturated carbocycles. The molecule has 0 saturated heterocycles. The maximum absolute atomic E-state index is 12.1. The van der Waals surface area contributed by atoms with E-state index in [1.807, 2.05) is 29.7 Å². The molecule has 0 atom stereocenters. The summed E-state index contributed by atoms with van der Waals surface area (Å²) >= 11 is 3.35. The van der Waals surface area contributed by atoms with Crippen LogP contribution in [-0.4, -0.2) is 9.55 Å². The lowest BCUT2D eigenvalue weighted by atomic mass is 10.0. The van der Waals surface area contributed by atoms with Crippen LogP contribution in [0.15, 0.2) is 39.9 Å². The molecule has 4 heteroatoms. The van der Waals surface area contributed by atoms with Crippen molar-refractivity contribution < 1.29 is 0 Å². The highest BCUT2D eigenvalue weighted by molar-refractivity contribution is 9.10. The molecule has 0 spiro atoms. The summed E-state index contributed by atoms with van der Waals surface area (Å²) in [6.45, 7) is 4.74. The highest BCUT2D eigenvalue weighted by Gasteiger charge is 2.12. The molecule has 0 aromatic carbocycles. The SMILES string of the molecule is CCc1c(-c2ccncc2)cc(Br)c(=O)n1CC. The normalized spacial score (nSPS) is 10.6. The number of rotatable bonds is 3. The van der Waals surface area contributed by atoms with E-state index in [0.717, 1.165) is 23.2 Å². The predicted molar refractivity (Wildman–Crippen MR) is 76.7 cm³/mol. The van der Waals surface area contributed by atoms with E-state index in [2.05, 4.69) is 27.8 Å². The van der Waals surface area contributed by atoms with Crippen molar-refractivity contribution in [2.75, 3.05) is 0 Å². The van der Waals surface area contributed by atoms with Gasteiger partial charge in [0.2, 0.25) is 0 Å². The first-order valence-corrected chi connectivity index (χ1v) is 6.81. The molecule has 0 aliphatic heterocycles. The second-order valence-corrected chi connectivity index (χ2v) is 4.85. The van der Waals surface area contributed by atoms with Crippen LogP contribution >= 0.6 is 15.9 Å². The van der Waals surface area contributed by atoms with Crippen molar-refractivity contribution in [3.63, 3.8) is 0 Å². The van der Waals surface area contributed by atoms with Crippen molar-refractivity contribution >= 4 is 15.9 Å². The van der Waals surface area contributed by atoms with Gasteiger partial charge in [-0.2, -0.15) is 0 Å². The molecule has 18 heavy (non-hydrogen) atoms. The summed E-state index contributed by atoms with van der Waals surface area (Å²) in [6, 6.07) is 5.83. The molecule has 2 aromatic rings. The largest absolute Gasteiger partial charge is 0.311 e. The second-order valence-electron chi connectivity index (χ2n) is 3.99. The number of nitrogens with zero attached hydrogens (tertiary/aromatic N) is 2. The Labute approximate surface area is 115 Å². The Hall–Kier alpha value is -1.42. The molecular weight excluding hydrogens is 292 g/mol. The van der Waals surface area contributed by atoms with E-state index in [9.17, 15) is 4.79 Å². The van der Waals surface area contributed by atoms with E-state index in [-0.39, 0.29) is 5.56 Å². The Kier molecular flexibility index (Phi) is 3.97. The summed E-state index contributed by atoms with van der Waals surface area (Å²) in [5, 5.41) is 0. The Bertz CT molecular complexity index is 605. The molecule has 0 unspecified atom stereocenters. The van der Waals surface area contributed by atoms with Gasteiger partial charge >= 0.3 is 0 Å². The fourth-order valence-corrected chi connectivity index (χ4v) is 2.61. The number of aromatic nitrogens is 2. The van der Waals surface area contributed by atoms with Crippen LogP contribution < -0.4 is 5.56 Å². The van der Waals surface area contributed by atoms with Crippen molar-refractivity contribution in [2.24, 2.45) is 0 Å². The van der Waals surface area contributed by atoms with Crippen LogP contribution in [0.2, 0.25) is 0 Å². The van der Waals surface area contributed by atoms with Gasteiger partial charge in [0.05, 0.1) is 4.47 Å². The Morgan fingerprint density at radius 3 is 2.50 bits per heavy atom. The maximum atomic E-state index is 12.1. The highest BCUT2D eigenvalue weighted by atomic mass is 79.9. The Balaban J connectivity index is 2.75. The first-order chi connectivity index (χ1) is 8.69. The number of hydrogen-bond acceptors (Lipinski definition) is 2. The molecule has 0 amide bonds. The van der Waals surface area contributed by atoms with E-state index in [1.165, 1.54) is 0 Å². The molecule has 3 nitrogen and oxygen atoms in total. The predicted octanol–water partition coefficient (Wildman–Crippen LogP) is 3.26. The topological polar surface area (TPSA) is 34.9 Å². The van der Waals surface area contributed by atoms with Gasteiger partial charge in [0.15, 0.2) is 0 Å². The lowest BCUT2D eigenvalue weighted by Gasteiger charge is -2.15. The smallest absolute Gasteiger partial charge is 0.265 e. The van der Waals surface area contributed by atoms with Gasteiger partial charge in [0, 0.05) is 30.2 Å². The maximum Gasteiger partial charge on any atom is 0.265 e. The molecule has 2 rings (SSSR count). The quantitative estimate of drug-likeness (QED) is 0.872. The van der Waals surface area contributed by atoms with Crippen LogP contribution in [0.1, 0.15) is 19.5 Å². The lowest BCUT2D eigenvalue weighted by molar-refractivity contribution is 0.679. The van der Waals surface area contributed by atoms with Crippen LogP contribution in [0, 0.1) is 0 Å². The van der Waals surface area contributed by atoms with Crippen molar-refractivity contribution in [3.8, 4) is 11.1 Å². The minimum atomic E-state index is 0.0344. The fraction of sp³-hybridized carbons (Fsp3) is 0.286. The van der Waals surface area contributed by atoms with Gasteiger partial charge < -0.3 is 4.57 Å². The van der Waals surface area contributed by atoms with Gasteiger partial charge in [-0.15, -0.1) is 0 Å². The standard InChI is InChI=1S/C14H15BrN2O/c1-3-13-11(10-5-7-16-8-6-10)9-12(15)14(18)17(13)4-2/h5-9H,3-4H2,1-2H3. The van der Waals surface area contributed by atoms with Gasteiger partial charge in [-0.05, 0) is 53.0 Å². The minimum absolute atomic E-state index is 0.0344. The van der Waals surface area contributed by atoms with Gasteiger partial charge in [-0.3, -0.25) is 9.78 Å². The molecule has 0 radical (unpaired) electrons. The summed E-state index contributed by atoms with van der Waals surface area (Å²) < 4.78 is 2.42. The van der Waals surface area contributed by atoms with Gasteiger partial charge in [0.25, 0.3) is 5.56 Å². The highest BCUT2D eigenvalue weighted by Crippen LogP contribution is 2.25. The molecule has 2 heterocycles. The summed E-state index contributed by atoms with van der Waals surface area (Å²) in [5.41, 5.74) is 3.28. The summed E-state index contributed by atoms with van der Waals surface area (Å²) in [5.74, 6) is 0. The average Bonchev–Trinajstić information content (AvgIpc) is 2.42. The minimum Gasteiger partial charge on any atom is -0.311 e. The molecular formula is C14H15BrN2O. The van der Waals surface area contributed by atoms with Crippen molar-refractivity contribution in [3.05, 3.63) is 51.1 Å². The monoisotopic (exact) mass is 306 g/mol. The summed E-state index contributed by atoms with van der Waals surface area (Å²) in [4.78, 5) is 16.1. The van der Waals surface area contributed by atoms with E-state index in [0.29, 0.717) is 11.0 Å². The van der Waals surface area contributed by atoms with Crippen LogP contribution in [0.25, 0.3) is 11.1 Å². The number of halogens is 1. The van der Waals surface area contributed by atoms with Gasteiger partial charge in [0.1, 0.15) is 0 Å².